The van der Waals surface area contributed by atoms with Gasteiger partial charge in [-0.2, -0.15) is 0 Å². The van der Waals surface area contributed by atoms with Crippen molar-refractivity contribution in [2.45, 2.75) is 96.6 Å². The van der Waals surface area contributed by atoms with E-state index in [0.29, 0.717) is 17.9 Å². The Morgan fingerprint density at radius 2 is 1.77 bits per heavy atom. The summed E-state index contributed by atoms with van der Waals surface area (Å²) in [5.41, 5.74) is 2.18. The molecule has 4 rings (SSSR count). The summed E-state index contributed by atoms with van der Waals surface area (Å²) in [5.74, 6) is -5.25. The van der Waals surface area contributed by atoms with E-state index in [-0.39, 0.29) is 30.5 Å². The summed E-state index contributed by atoms with van der Waals surface area (Å²) in [7, 11) is 0. The fourth-order valence-electron chi connectivity index (χ4n) is 6.37. The topological polar surface area (TPSA) is 134 Å². The van der Waals surface area contributed by atoms with Crippen LogP contribution in [0.25, 0.3) is 0 Å². The van der Waals surface area contributed by atoms with Gasteiger partial charge in [0.15, 0.2) is 0 Å². The molecular formula is C29H39F2NO8. The average Bonchev–Trinajstić information content (AvgIpc) is 3.34. The number of fused-ring (bicyclic) bond motifs is 1. The minimum Gasteiger partial charge on any atom is -0.479 e. The van der Waals surface area contributed by atoms with Crippen molar-refractivity contribution in [3.63, 3.8) is 0 Å². The largest absolute Gasteiger partial charge is 0.511 e. The fourth-order valence-corrected chi connectivity index (χ4v) is 6.37. The average molecular weight is 568 g/mol. The second-order valence-electron chi connectivity index (χ2n) is 12.6. The Morgan fingerprint density at radius 3 is 2.38 bits per heavy atom. The number of carbonyl (C=O) groups is 3. The summed E-state index contributed by atoms with van der Waals surface area (Å²) < 4.78 is 50.3. The van der Waals surface area contributed by atoms with Crippen LogP contribution in [0.2, 0.25) is 0 Å². The molecule has 0 aromatic heterocycles. The van der Waals surface area contributed by atoms with Gasteiger partial charge in [-0.25, -0.2) is 23.2 Å². The highest BCUT2D eigenvalue weighted by molar-refractivity contribution is 5.91. The van der Waals surface area contributed by atoms with Crippen LogP contribution in [0, 0.1) is 34.9 Å². The molecule has 40 heavy (non-hydrogen) atoms. The predicted molar refractivity (Wildman–Crippen MR) is 138 cm³/mol. The summed E-state index contributed by atoms with van der Waals surface area (Å²) in [6, 6.07) is 5.44. The van der Waals surface area contributed by atoms with E-state index in [4.69, 9.17) is 24.7 Å². The molecule has 1 aromatic rings. The molecular weight excluding hydrogens is 528 g/mol. The normalized spacial score (nSPS) is 35.8. The second-order valence-corrected chi connectivity index (χ2v) is 12.6. The molecule has 1 aromatic carbocycles. The number of hydrogen-bond acceptors (Lipinski definition) is 8. The number of aliphatic carboxylic acids is 1. The first-order valence-corrected chi connectivity index (χ1v) is 13.7. The maximum Gasteiger partial charge on any atom is 0.511 e. The van der Waals surface area contributed by atoms with Gasteiger partial charge in [0.05, 0.1) is 12.7 Å². The van der Waals surface area contributed by atoms with Crippen molar-refractivity contribution < 1.29 is 47.2 Å². The van der Waals surface area contributed by atoms with E-state index >= 15 is 4.39 Å². The Morgan fingerprint density at radius 1 is 1.12 bits per heavy atom. The number of benzene rings is 1. The van der Waals surface area contributed by atoms with E-state index in [0.717, 1.165) is 12.8 Å². The van der Waals surface area contributed by atoms with Crippen LogP contribution < -0.4 is 5.73 Å². The highest BCUT2D eigenvalue weighted by Crippen LogP contribution is 2.67. The third-order valence-electron chi connectivity index (χ3n) is 8.98. The monoisotopic (exact) mass is 567 g/mol. The predicted octanol–water partition coefficient (Wildman–Crippen LogP) is 4.74. The van der Waals surface area contributed by atoms with Crippen LogP contribution in [0.1, 0.15) is 65.9 Å². The van der Waals surface area contributed by atoms with Crippen LogP contribution in [0.4, 0.5) is 13.6 Å². The molecule has 0 bridgehead atoms. The number of rotatable bonds is 8. The lowest BCUT2D eigenvalue weighted by atomic mass is 9.69. The molecule has 3 saturated carbocycles. The molecule has 0 radical (unpaired) electrons. The van der Waals surface area contributed by atoms with Gasteiger partial charge >= 0.3 is 18.1 Å². The molecule has 222 valence electrons. The van der Waals surface area contributed by atoms with Crippen LogP contribution in [0.5, 0.6) is 0 Å². The molecule has 3 N–H and O–H groups in total. The lowest BCUT2D eigenvalue weighted by molar-refractivity contribution is -0.184. The Kier molecular flexibility index (Phi) is 8.21. The first-order valence-electron chi connectivity index (χ1n) is 13.7. The maximum absolute atomic E-state index is 15.2. The smallest absolute Gasteiger partial charge is 0.479 e. The zero-order chi connectivity index (χ0) is 29.6. The number of carbonyl (C=O) groups excluding carboxylic acids is 2. The Bertz CT molecular complexity index is 1120. The van der Waals surface area contributed by atoms with Crippen molar-refractivity contribution in [2.24, 2.45) is 34.8 Å². The highest BCUT2D eigenvalue weighted by atomic mass is 19.1. The van der Waals surface area contributed by atoms with Crippen molar-refractivity contribution >= 4 is 18.1 Å². The molecule has 0 saturated heterocycles. The van der Waals surface area contributed by atoms with Crippen LogP contribution in [-0.4, -0.2) is 52.9 Å². The molecule has 3 fully saturated rings. The van der Waals surface area contributed by atoms with Crippen LogP contribution in [0.3, 0.4) is 0 Å². The third-order valence-corrected chi connectivity index (χ3v) is 8.98. The van der Waals surface area contributed by atoms with Gasteiger partial charge in [0, 0.05) is 18.8 Å². The lowest BCUT2D eigenvalue weighted by Gasteiger charge is -2.40. The van der Waals surface area contributed by atoms with E-state index in [1.165, 1.54) is 31.2 Å². The summed E-state index contributed by atoms with van der Waals surface area (Å²) in [4.78, 5) is 37.5. The van der Waals surface area contributed by atoms with Gasteiger partial charge in [-0.15, -0.1) is 0 Å². The SMILES string of the molecule is CC(OC(=O)O[C@@H]1C[C@@H](C(C)(C)C)CCC1C)OC(=O)[C@@]1(N)[C@H]2[C@@H](C[C@H]1OCc1ccc(F)cc1)[C@]2(F)C(=O)O. The van der Waals surface area contributed by atoms with Gasteiger partial charge < -0.3 is 29.8 Å². The minimum atomic E-state index is -2.70. The first-order chi connectivity index (χ1) is 18.6. The molecule has 3 aliphatic carbocycles. The van der Waals surface area contributed by atoms with Gasteiger partial charge in [-0.05, 0) is 60.6 Å². The third kappa shape index (κ3) is 5.68. The molecule has 3 aliphatic rings. The second kappa shape index (κ2) is 10.9. The molecule has 0 aliphatic heterocycles. The van der Waals surface area contributed by atoms with E-state index in [9.17, 15) is 23.9 Å². The van der Waals surface area contributed by atoms with Gasteiger partial charge in [0.1, 0.15) is 17.5 Å². The number of carboxylic acid groups (broad SMARTS) is 1. The maximum atomic E-state index is 15.2. The zero-order valence-corrected chi connectivity index (χ0v) is 23.5. The number of esters is 1. The fraction of sp³-hybridized carbons (Fsp3) is 0.690. The number of alkyl halides is 1. The van der Waals surface area contributed by atoms with Crippen molar-refractivity contribution in [1.82, 2.24) is 0 Å². The van der Waals surface area contributed by atoms with Gasteiger partial charge in [0.25, 0.3) is 0 Å². The Hall–Kier alpha value is -2.79. The van der Waals surface area contributed by atoms with E-state index in [2.05, 4.69) is 20.8 Å². The number of nitrogens with two attached hydrogens (primary N) is 1. The Labute approximate surface area is 232 Å². The van der Waals surface area contributed by atoms with Gasteiger partial charge in [-0.3, -0.25) is 0 Å². The van der Waals surface area contributed by atoms with Crippen molar-refractivity contribution in [3.05, 3.63) is 35.6 Å². The minimum absolute atomic E-state index is 0.0583. The van der Waals surface area contributed by atoms with E-state index in [1.54, 1.807) is 0 Å². The molecule has 0 amide bonds. The first kappa shape index (κ1) is 30.2. The highest BCUT2D eigenvalue weighted by Gasteiger charge is 2.85. The Balaban J connectivity index is 1.39. The van der Waals surface area contributed by atoms with Crippen LogP contribution in [-0.2, 0) is 35.1 Å². The number of ether oxygens (including phenoxy) is 4. The molecule has 9 atom stereocenters. The quantitative estimate of drug-likeness (QED) is 0.337. The van der Waals surface area contributed by atoms with E-state index in [1.807, 2.05) is 6.92 Å². The number of halogens is 2. The van der Waals surface area contributed by atoms with Crippen molar-refractivity contribution in [1.29, 1.82) is 0 Å². The molecule has 0 heterocycles. The molecule has 2 unspecified atom stereocenters. The standard InChI is InChI=1S/C29H39F2NO8/c1-15-6-9-18(27(3,4)5)12-21(15)40-26(36)39-16(2)38-25(35)29(32)22(13-20-23(29)28(20,31)24(33)34)37-14-17-7-10-19(30)11-8-17/h7-8,10-11,15-16,18,20-23H,6,9,12-14,32H2,1-5H3,(H,33,34)/t15?,16?,18-,20+,21+,22+,23-,28+,29-/m0/s1. The van der Waals surface area contributed by atoms with Crippen molar-refractivity contribution in [3.8, 4) is 0 Å². The van der Waals surface area contributed by atoms with Crippen LogP contribution in [0.15, 0.2) is 24.3 Å². The summed E-state index contributed by atoms with van der Waals surface area (Å²) in [5, 5.41) is 9.45. The van der Waals surface area contributed by atoms with Crippen molar-refractivity contribution in [2.75, 3.05) is 0 Å². The zero-order valence-electron chi connectivity index (χ0n) is 23.5. The van der Waals surface area contributed by atoms with E-state index < -0.39 is 59.3 Å². The van der Waals surface area contributed by atoms with Crippen LogP contribution >= 0.6 is 0 Å². The molecule has 11 heteroatoms. The lowest BCUT2D eigenvalue weighted by Crippen LogP contribution is -2.61. The molecule has 0 spiro atoms. The summed E-state index contributed by atoms with van der Waals surface area (Å²) >= 11 is 0. The number of carboxylic acids is 1. The summed E-state index contributed by atoms with van der Waals surface area (Å²) in [6.45, 7) is 9.66. The summed E-state index contributed by atoms with van der Waals surface area (Å²) in [6.07, 6.45) is -1.41. The number of hydrogen-bond donors (Lipinski definition) is 2. The van der Waals surface area contributed by atoms with Gasteiger partial charge in [-0.1, -0.05) is 39.8 Å². The van der Waals surface area contributed by atoms with Gasteiger partial charge in [0.2, 0.25) is 12.0 Å². The molecule has 9 nitrogen and oxygen atoms in total.